The summed E-state index contributed by atoms with van der Waals surface area (Å²) < 4.78 is 10.7. The smallest absolute Gasteiger partial charge is 0.339 e. The van der Waals surface area contributed by atoms with E-state index in [-0.39, 0.29) is 12.7 Å². The maximum atomic E-state index is 11.4. The first-order valence-corrected chi connectivity index (χ1v) is 8.05. The Balaban J connectivity index is 1.93. The number of hydrogen-bond donors (Lipinski definition) is 1. The standard InChI is InChI=1S/C15H20O4S/c1-2-18-15(17)14(16)11-5-7-12(8-6-11)19-13-4-3-9-20-10-13/h5-8,13-14,16H,2-4,9-10H2,1H3. The minimum absolute atomic E-state index is 0.259. The molecular weight excluding hydrogens is 276 g/mol. The minimum atomic E-state index is -1.23. The first-order chi connectivity index (χ1) is 9.70. The average Bonchev–Trinajstić information content (AvgIpc) is 2.48. The van der Waals surface area contributed by atoms with Crippen molar-refractivity contribution in [3.05, 3.63) is 29.8 Å². The largest absolute Gasteiger partial charge is 0.490 e. The molecule has 0 saturated carbocycles. The second-order valence-corrected chi connectivity index (χ2v) is 5.83. The molecule has 0 aliphatic carbocycles. The molecule has 0 spiro atoms. The van der Waals surface area contributed by atoms with Crippen LogP contribution in [0.4, 0.5) is 0 Å². The van der Waals surface area contributed by atoms with E-state index in [9.17, 15) is 9.90 Å². The molecule has 5 heteroatoms. The zero-order chi connectivity index (χ0) is 14.4. The highest BCUT2D eigenvalue weighted by atomic mass is 32.2. The molecule has 0 amide bonds. The molecule has 110 valence electrons. The van der Waals surface area contributed by atoms with Gasteiger partial charge in [-0.15, -0.1) is 0 Å². The Hall–Kier alpha value is -1.20. The lowest BCUT2D eigenvalue weighted by atomic mass is 10.1. The van der Waals surface area contributed by atoms with Crippen molar-refractivity contribution in [1.29, 1.82) is 0 Å². The van der Waals surface area contributed by atoms with Crippen molar-refractivity contribution in [2.24, 2.45) is 0 Å². The van der Waals surface area contributed by atoms with E-state index in [0.717, 1.165) is 17.9 Å². The molecule has 4 nitrogen and oxygen atoms in total. The van der Waals surface area contributed by atoms with E-state index in [1.54, 1.807) is 31.2 Å². The summed E-state index contributed by atoms with van der Waals surface area (Å²) in [6.07, 6.45) is 1.30. The summed E-state index contributed by atoms with van der Waals surface area (Å²) in [5, 5.41) is 9.81. The summed E-state index contributed by atoms with van der Waals surface area (Å²) >= 11 is 1.91. The van der Waals surface area contributed by atoms with Crippen LogP contribution in [0.1, 0.15) is 31.4 Å². The SMILES string of the molecule is CCOC(=O)C(O)c1ccc(OC2CCCSC2)cc1. The van der Waals surface area contributed by atoms with Gasteiger partial charge in [-0.05, 0) is 43.2 Å². The normalized spacial score (nSPS) is 20.2. The van der Waals surface area contributed by atoms with Crippen LogP contribution in [0.5, 0.6) is 5.75 Å². The Morgan fingerprint density at radius 3 is 2.80 bits per heavy atom. The van der Waals surface area contributed by atoms with Crippen molar-refractivity contribution >= 4 is 17.7 Å². The third-order valence-corrected chi connectivity index (χ3v) is 4.31. The molecule has 1 aliphatic heterocycles. The van der Waals surface area contributed by atoms with Crippen LogP contribution in [0.25, 0.3) is 0 Å². The van der Waals surface area contributed by atoms with Crippen LogP contribution in [0.15, 0.2) is 24.3 Å². The molecule has 1 aliphatic rings. The van der Waals surface area contributed by atoms with E-state index in [1.807, 2.05) is 11.8 Å². The Labute approximate surface area is 123 Å². The van der Waals surface area contributed by atoms with Gasteiger partial charge in [-0.1, -0.05) is 12.1 Å². The molecule has 2 unspecified atom stereocenters. The van der Waals surface area contributed by atoms with Crippen molar-refractivity contribution < 1.29 is 19.4 Å². The fraction of sp³-hybridized carbons (Fsp3) is 0.533. The highest BCUT2D eigenvalue weighted by Crippen LogP contribution is 2.24. The molecule has 0 bridgehead atoms. The van der Waals surface area contributed by atoms with Crippen LogP contribution in [0.3, 0.4) is 0 Å². The Kier molecular flexibility index (Phi) is 5.73. The first-order valence-electron chi connectivity index (χ1n) is 6.89. The molecule has 1 N–H and O–H groups in total. The summed E-state index contributed by atoms with van der Waals surface area (Å²) in [4.78, 5) is 11.4. The molecule has 1 saturated heterocycles. The van der Waals surface area contributed by atoms with Crippen LogP contribution in [-0.2, 0) is 9.53 Å². The number of hydrogen-bond acceptors (Lipinski definition) is 5. The van der Waals surface area contributed by atoms with Gasteiger partial charge in [0.1, 0.15) is 11.9 Å². The molecule has 1 aromatic carbocycles. The molecule has 1 fully saturated rings. The van der Waals surface area contributed by atoms with Gasteiger partial charge in [0.15, 0.2) is 6.10 Å². The number of aliphatic hydroxyl groups is 1. The van der Waals surface area contributed by atoms with Crippen molar-refractivity contribution in [2.45, 2.75) is 32.0 Å². The van der Waals surface area contributed by atoms with Crippen LogP contribution in [-0.4, -0.2) is 35.3 Å². The molecule has 0 aromatic heterocycles. The number of carbonyl (C=O) groups is 1. The number of benzene rings is 1. The molecule has 1 aromatic rings. The fourth-order valence-electron chi connectivity index (χ4n) is 2.08. The predicted octanol–water partition coefficient (Wildman–Crippen LogP) is 2.56. The van der Waals surface area contributed by atoms with Gasteiger partial charge < -0.3 is 14.6 Å². The molecule has 2 atom stereocenters. The van der Waals surface area contributed by atoms with Crippen LogP contribution in [0.2, 0.25) is 0 Å². The van der Waals surface area contributed by atoms with E-state index in [1.165, 1.54) is 12.2 Å². The van der Waals surface area contributed by atoms with E-state index < -0.39 is 12.1 Å². The third kappa shape index (κ3) is 4.15. The molecule has 2 rings (SSSR count). The van der Waals surface area contributed by atoms with Gasteiger partial charge in [-0.25, -0.2) is 4.79 Å². The Morgan fingerprint density at radius 1 is 1.45 bits per heavy atom. The average molecular weight is 296 g/mol. The van der Waals surface area contributed by atoms with Crippen molar-refractivity contribution in [3.8, 4) is 5.75 Å². The third-order valence-electron chi connectivity index (χ3n) is 3.13. The quantitative estimate of drug-likeness (QED) is 0.846. The van der Waals surface area contributed by atoms with Gasteiger partial charge in [0.05, 0.1) is 6.61 Å². The second-order valence-electron chi connectivity index (χ2n) is 4.68. The maximum Gasteiger partial charge on any atom is 0.339 e. The van der Waals surface area contributed by atoms with Gasteiger partial charge in [-0.3, -0.25) is 0 Å². The number of ether oxygens (including phenoxy) is 2. The molecular formula is C15H20O4S. The highest BCUT2D eigenvalue weighted by Gasteiger charge is 2.19. The highest BCUT2D eigenvalue weighted by molar-refractivity contribution is 7.99. The zero-order valence-corrected chi connectivity index (χ0v) is 12.4. The van der Waals surface area contributed by atoms with E-state index >= 15 is 0 Å². The van der Waals surface area contributed by atoms with Gasteiger partial charge in [-0.2, -0.15) is 11.8 Å². The molecule has 0 radical (unpaired) electrons. The fourth-order valence-corrected chi connectivity index (χ4v) is 3.12. The summed E-state index contributed by atoms with van der Waals surface area (Å²) in [6, 6.07) is 6.98. The number of aliphatic hydroxyl groups excluding tert-OH is 1. The Bertz CT molecular complexity index is 426. The Morgan fingerprint density at radius 2 is 2.20 bits per heavy atom. The van der Waals surface area contributed by atoms with E-state index in [4.69, 9.17) is 9.47 Å². The second kappa shape index (κ2) is 7.55. The van der Waals surface area contributed by atoms with Gasteiger partial charge in [0, 0.05) is 5.75 Å². The molecule has 20 heavy (non-hydrogen) atoms. The number of thioether (sulfide) groups is 1. The lowest BCUT2D eigenvalue weighted by Gasteiger charge is -2.22. The van der Waals surface area contributed by atoms with Crippen molar-refractivity contribution in [1.82, 2.24) is 0 Å². The van der Waals surface area contributed by atoms with E-state index in [2.05, 4.69) is 0 Å². The maximum absolute atomic E-state index is 11.4. The van der Waals surface area contributed by atoms with Gasteiger partial charge in [0.25, 0.3) is 0 Å². The lowest BCUT2D eigenvalue weighted by molar-refractivity contribution is -0.153. The van der Waals surface area contributed by atoms with Crippen LogP contribution < -0.4 is 4.74 Å². The van der Waals surface area contributed by atoms with Gasteiger partial charge in [0.2, 0.25) is 0 Å². The molecule has 1 heterocycles. The predicted molar refractivity (Wildman–Crippen MR) is 79.0 cm³/mol. The topological polar surface area (TPSA) is 55.8 Å². The summed E-state index contributed by atoms with van der Waals surface area (Å²) in [7, 11) is 0. The zero-order valence-electron chi connectivity index (χ0n) is 11.6. The van der Waals surface area contributed by atoms with Crippen molar-refractivity contribution in [3.63, 3.8) is 0 Å². The number of esters is 1. The first kappa shape index (κ1) is 15.2. The summed E-state index contributed by atoms with van der Waals surface area (Å²) in [5.74, 6) is 2.39. The summed E-state index contributed by atoms with van der Waals surface area (Å²) in [5.41, 5.74) is 0.522. The number of carbonyl (C=O) groups excluding carboxylic acids is 1. The van der Waals surface area contributed by atoms with Crippen LogP contribution >= 0.6 is 11.8 Å². The lowest BCUT2D eigenvalue weighted by Crippen LogP contribution is -2.23. The minimum Gasteiger partial charge on any atom is -0.490 e. The van der Waals surface area contributed by atoms with Crippen LogP contribution in [0, 0.1) is 0 Å². The number of rotatable bonds is 5. The van der Waals surface area contributed by atoms with Crippen molar-refractivity contribution in [2.75, 3.05) is 18.1 Å². The van der Waals surface area contributed by atoms with Gasteiger partial charge >= 0.3 is 5.97 Å². The monoisotopic (exact) mass is 296 g/mol. The van der Waals surface area contributed by atoms with E-state index in [0.29, 0.717) is 5.56 Å². The summed E-state index contributed by atoms with van der Waals surface area (Å²) in [6.45, 7) is 1.97.